The second-order valence-corrected chi connectivity index (χ2v) is 5.86. The SMILES string of the molecule is COc1cncc([C@@H](O)C(=O)N[C@@H](CCC(=O)C=[N+]=[N-])C(=O)OC(C)C)c1. The van der Waals surface area contributed by atoms with Gasteiger partial charge >= 0.3 is 12.2 Å². The molecule has 2 atom stereocenters. The Morgan fingerprint density at radius 3 is 2.67 bits per heavy atom. The zero-order valence-electron chi connectivity index (χ0n) is 15.3. The van der Waals surface area contributed by atoms with Gasteiger partial charge < -0.3 is 25.4 Å². The highest BCUT2D eigenvalue weighted by Gasteiger charge is 2.28. The van der Waals surface area contributed by atoms with Crippen molar-refractivity contribution in [3.05, 3.63) is 29.6 Å². The number of ketones is 1. The molecule has 0 radical (unpaired) electrons. The number of aliphatic hydroxyl groups excluding tert-OH is 1. The number of rotatable bonds is 10. The van der Waals surface area contributed by atoms with Gasteiger partial charge in [0.15, 0.2) is 6.10 Å². The van der Waals surface area contributed by atoms with Crippen LogP contribution in [0.5, 0.6) is 5.75 Å². The molecular weight excluding hydrogens is 356 g/mol. The quantitative estimate of drug-likeness (QED) is 0.255. The molecule has 2 N–H and O–H groups in total. The van der Waals surface area contributed by atoms with Crippen LogP contribution in [0.15, 0.2) is 18.5 Å². The van der Waals surface area contributed by atoms with Crippen molar-refractivity contribution in [3.8, 4) is 5.75 Å². The van der Waals surface area contributed by atoms with Gasteiger partial charge in [0, 0.05) is 18.2 Å². The number of amides is 1. The average molecular weight is 378 g/mol. The van der Waals surface area contributed by atoms with Gasteiger partial charge in [-0.25, -0.2) is 4.79 Å². The lowest BCUT2D eigenvalue weighted by atomic mass is 10.1. The number of pyridine rings is 1. The van der Waals surface area contributed by atoms with Crippen molar-refractivity contribution in [1.29, 1.82) is 0 Å². The standard InChI is InChI=1S/C17H22N4O6/c1-10(2)27-17(25)14(5-4-12(22)8-20-18)21-16(24)15(23)11-6-13(26-3)9-19-7-11/h6-10,14-15,23H,4-5H2,1-3H3,(H,21,24)/t14-,15+/m0/s1. The van der Waals surface area contributed by atoms with Crippen molar-refractivity contribution in [3.63, 3.8) is 0 Å². The largest absolute Gasteiger partial charge is 0.495 e. The molecule has 1 aromatic rings. The number of carbonyl (C=O) groups is 3. The molecule has 0 aliphatic carbocycles. The van der Waals surface area contributed by atoms with Crippen molar-refractivity contribution in [2.24, 2.45) is 0 Å². The van der Waals surface area contributed by atoms with E-state index < -0.39 is 35.9 Å². The highest BCUT2D eigenvalue weighted by atomic mass is 16.5. The Morgan fingerprint density at radius 1 is 1.37 bits per heavy atom. The second kappa shape index (κ2) is 10.8. The molecule has 0 saturated heterocycles. The summed E-state index contributed by atoms with van der Waals surface area (Å²) in [7, 11) is 1.41. The molecule has 1 amide bonds. The number of esters is 1. The predicted molar refractivity (Wildman–Crippen MR) is 92.8 cm³/mol. The molecule has 1 rings (SSSR count). The van der Waals surface area contributed by atoms with Crippen molar-refractivity contribution in [2.75, 3.05) is 7.11 Å². The zero-order chi connectivity index (χ0) is 20.4. The Hall–Kier alpha value is -3.10. The Balaban J connectivity index is 2.87. The summed E-state index contributed by atoms with van der Waals surface area (Å²) in [6, 6.07) is 0.268. The summed E-state index contributed by atoms with van der Waals surface area (Å²) in [5, 5.41) is 12.6. The first-order chi connectivity index (χ1) is 12.8. The summed E-state index contributed by atoms with van der Waals surface area (Å²) in [5.41, 5.74) is 8.53. The van der Waals surface area contributed by atoms with E-state index in [1.807, 2.05) is 0 Å². The first kappa shape index (κ1) is 21.9. The third-order valence-corrected chi connectivity index (χ3v) is 3.37. The molecule has 0 aliphatic rings. The van der Waals surface area contributed by atoms with Crippen LogP contribution in [0.2, 0.25) is 0 Å². The van der Waals surface area contributed by atoms with Gasteiger partial charge in [0.1, 0.15) is 11.8 Å². The topological polar surface area (TPSA) is 151 Å². The van der Waals surface area contributed by atoms with Crippen LogP contribution in [0, 0.1) is 0 Å². The number of aliphatic hydroxyl groups is 1. The van der Waals surface area contributed by atoms with Gasteiger partial charge in [-0.05, 0) is 26.3 Å². The minimum Gasteiger partial charge on any atom is -0.495 e. The molecule has 1 heterocycles. The Kier molecular flexibility index (Phi) is 8.77. The van der Waals surface area contributed by atoms with E-state index in [9.17, 15) is 19.5 Å². The third kappa shape index (κ3) is 7.35. The first-order valence-corrected chi connectivity index (χ1v) is 8.16. The lowest BCUT2D eigenvalue weighted by molar-refractivity contribution is -0.152. The number of hydrogen-bond donors (Lipinski definition) is 2. The van der Waals surface area contributed by atoms with Gasteiger partial charge in [-0.15, -0.1) is 0 Å². The number of nitrogens with one attached hydrogen (secondary N) is 1. The summed E-state index contributed by atoms with van der Waals surface area (Å²) in [5.74, 6) is -1.79. The van der Waals surface area contributed by atoms with Gasteiger partial charge in [-0.1, -0.05) is 0 Å². The number of carbonyl (C=O) groups excluding carboxylic acids is 3. The predicted octanol–water partition coefficient (Wildman–Crippen LogP) is 0.210. The fourth-order valence-electron chi connectivity index (χ4n) is 2.08. The lowest BCUT2D eigenvalue weighted by Crippen LogP contribution is -2.44. The van der Waals surface area contributed by atoms with Crippen LogP contribution in [-0.2, 0) is 19.1 Å². The molecule has 0 aromatic carbocycles. The fraction of sp³-hybridized carbons (Fsp3) is 0.471. The van der Waals surface area contributed by atoms with E-state index in [1.54, 1.807) is 13.8 Å². The number of hydrogen-bond acceptors (Lipinski definition) is 7. The molecule has 27 heavy (non-hydrogen) atoms. The van der Waals surface area contributed by atoms with E-state index in [1.165, 1.54) is 25.6 Å². The molecule has 0 spiro atoms. The number of nitrogens with zero attached hydrogens (tertiary/aromatic N) is 3. The van der Waals surface area contributed by atoms with Crippen LogP contribution in [0.3, 0.4) is 0 Å². The molecule has 146 valence electrons. The van der Waals surface area contributed by atoms with Crippen LogP contribution in [-0.4, -0.2) is 58.0 Å². The van der Waals surface area contributed by atoms with Gasteiger partial charge in [0.05, 0.1) is 19.4 Å². The first-order valence-electron chi connectivity index (χ1n) is 8.16. The maximum absolute atomic E-state index is 12.3. The molecule has 0 bridgehead atoms. The van der Waals surface area contributed by atoms with Gasteiger partial charge in [-0.3, -0.25) is 14.6 Å². The summed E-state index contributed by atoms with van der Waals surface area (Å²) in [6.07, 6.45) is 1.10. The molecule has 10 heteroatoms. The Labute approximate surface area is 156 Å². The molecule has 0 fully saturated rings. The van der Waals surface area contributed by atoms with Gasteiger partial charge in [-0.2, -0.15) is 4.79 Å². The van der Waals surface area contributed by atoms with E-state index >= 15 is 0 Å². The Bertz CT molecular complexity index is 730. The van der Waals surface area contributed by atoms with Crippen LogP contribution in [0.25, 0.3) is 5.53 Å². The van der Waals surface area contributed by atoms with E-state index in [-0.39, 0.29) is 18.4 Å². The van der Waals surface area contributed by atoms with E-state index in [2.05, 4.69) is 15.1 Å². The van der Waals surface area contributed by atoms with Gasteiger partial charge in [0.25, 0.3) is 5.91 Å². The summed E-state index contributed by atoms with van der Waals surface area (Å²) in [4.78, 5) is 42.4. The van der Waals surface area contributed by atoms with Crippen molar-refractivity contribution in [1.82, 2.24) is 10.3 Å². The number of Topliss-reactive ketones (excluding diaryl/α,β-unsaturated/α-hetero) is 1. The Morgan fingerprint density at radius 2 is 2.07 bits per heavy atom. The summed E-state index contributed by atoms with van der Waals surface area (Å²) >= 11 is 0. The van der Waals surface area contributed by atoms with Crippen LogP contribution in [0.4, 0.5) is 0 Å². The second-order valence-electron chi connectivity index (χ2n) is 5.86. The number of methoxy groups -OCH3 is 1. The molecule has 0 saturated carbocycles. The average Bonchev–Trinajstić information content (AvgIpc) is 2.63. The lowest BCUT2D eigenvalue weighted by Gasteiger charge is -2.20. The van der Waals surface area contributed by atoms with E-state index in [0.29, 0.717) is 12.0 Å². The maximum Gasteiger partial charge on any atom is 0.328 e. The molecular formula is C17H22N4O6. The normalized spacial score (nSPS) is 12.5. The minimum atomic E-state index is -1.60. The van der Waals surface area contributed by atoms with E-state index in [0.717, 1.165) is 0 Å². The molecule has 0 unspecified atom stereocenters. The summed E-state index contributed by atoms with van der Waals surface area (Å²) in [6.45, 7) is 3.27. The van der Waals surface area contributed by atoms with Crippen molar-refractivity contribution >= 4 is 23.9 Å². The van der Waals surface area contributed by atoms with Crippen LogP contribution >= 0.6 is 0 Å². The highest BCUT2D eigenvalue weighted by Crippen LogP contribution is 2.18. The van der Waals surface area contributed by atoms with Crippen LogP contribution < -0.4 is 10.1 Å². The minimum absolute atomic E-state index is 0.0920. The third-order valence-electron chi connectivity index (χ3n) is 3.37. The number of ether oxygens (including phenoxy) is 2. The maximum atomic E-state index is 12.3. The number of aromatic nitrogens is 1. The van der Waals surface area contributed by atoms with Gasteiger partial charge in [0.2, 0.25) is 5.78 Å². The fourth-order valence-corrected chi connectivity index (χ4v) is 2.08. The monoisotopic (exact) mass is 378 g/mol. The molecule has 10 nitrogen and oxygen atoms in total. The zero-order valence-corrected chi connectivity index (χ0v) is 15.3. The van der Waals surface area contributed by atoms with E-state index in [4.69, 9.17) is 15.0 Å². The smallest absolute Gasteiger partial charge is 0.328 e. The van der Waals surface area contributed by atoms with Crippen molar-refractivity contribution in [2.45, 2.75) is 44.9 Å². The summed E-state index contributed by atoms with van der Waals surface area (Å²) < 4.78 is 10.1. The van der Waals surface area contributed by atoms with Crippen molar-refractivity contribution < 1.29 is 33.8 Å². The molecule has 0 aliphatic heterocycles. The highest BCUT2D eigenvalue weighted by molar-refractivity contribution is 6.25. The molecule has 1 aromatic heterocycles. The van der Waals surface area contributed by atoms with Crippen LogP contribution in [0.1, 0.15) is 38.4 Å².